The maximum absolute atomic E-state index is 10.7. The van der Waals surface area contributed by atoms with Crippen LogP contribution in [-0.4, -0.2) is 13.6 Å². The molecular formula is C7H10N2O3S. The molecule has 0 aliphatic rings. The maximum Gasteiger partial charge on any atom is 0.213 e. The van der Waals surface area contributed by atoms with E-state index in [4.69, 9.17) is 10.3 Å². The average molecular weight is 202 g/mol. The van der Waals surface area contributed by atoms with Crippen molar-refractivity contribution in [2.24, 2.45) is 5.14 Å². The van der Waals surface area contributed by atoms with Crippen LogP contribution in [0.3, 0.4) is 0 Å². The van der Waals surface area contributed by atoms with Gasteiger partial charge >= 0.3 is 0 Å². The first-order valence-electron chi connectivity index (χ1n) is 3.51. The number of nitrogens with one attached hydrogen (secondary N) is 1. The standard InChI is InChI=1S/C7H10N2O3S/c8-13(11,12)5-6-2-1-3-7(4-6)9-10/h1-4,9-10H,5H2,(H2,8,11,12). The van der Waals surface area contributed by atoms with Crippen LogP contribution in [0.2, 0.25) is 0 Å². The Labute approximate surface area is 76.2 Å². The number of hydrogen-bond acceptors (Lipinski definition) is 4. The van der Waals surface area contributed by atoms with Crippen LogP contribution in [0, 0.1) is 0 Å². The fraction of sp³-hybridized carbons (Fsp3) is 0.143. The predicted molar refractivity (Wildman–Crippen MR) is 48.7 cm³/mol. The number of benzene rings is 1. The highest BCUT2D eigenvalue weighted by atomic mass is 32.2. The summed E-state index contributed by atoms with van der Waals surface area (Å²) < 4.78 is 21.4. The zero-order chi connectivity index (χ0) is 9.90. The molecule has 0 heterocycles. The molecule has 13 heavy (non-hydrogen) atoms. The van der Waals surface area contributed by atoms with E-state index in [1.807, 2.05) is 5.48 Å². The molecule has 0 atom stereocenters. The van der Waals surface area contributed by atoms with E-state index < -0.39 is 10.0 Å². The molecule has 0 aliphatic heterocycles. The summed E-state index contributed by atoms with van der Waals surface area (Å²) in [7, 11) is -3.51. The van der Waals surface area contributed by atoms with Crippen molar-refractivity contribution in [2.45, 2.75) is 5.75 Å². The van der Waals surface area contributed by atoms with E-state index >= 15 is 0 Å². The van der Waals surface area contributed by atoms with Crippen molar-refractivity contribution < 1.29 is 13.6 Å². The Morgan fingerprint density at radius 1 is 1.46 bits per heavy atom. The first-order chi connectivity index (χ1) is 6.01. The van der Waals surface area contributed by atoms with E-state index in [2.05, 4.69) is 0 Å². The molecule has 0 radical (unpaired) electrons. The van der Waals surface area contributed by atoms with Gasteiger partial charge in [-0.2, -0.15) is 0 Å². The lowest BCUT2D eigenvalue weighted by atomic mass is 10.2. The molecule has 1 aromatic carbocycles. The van der Waals surface area contributed by atoms with Crippen molar-refractivity contribution in [3.05, 3.63) is 29.8 Å². The summed E-state index contributed by atoms with van der Waals surface area (Å²) in [4.78, 5) is 0. The van der Waals surface area contributed by atoms with Crippen LogP contribution in [0.25, 0.3) is 0 Å². The van der Waals surface area contributed by atoms with Crippen LogP contribution in [-0.2, 0) is 15.8 Å². The largest absolute Gasteiger partial charge is 0.291 e. The topological polar surface area (TPSA) is 92.4 Å². The number of nitrogens with two attached hydrogens (primary N) is 1. The molecule has 0 unspecified atom stereocenters. The second-order valence-electron chi connectivity index (χ2n) is 2.62. The quantitative estimate of drug-likeness (QED) is 0.614. The maximum atomic E-state index is 10.7. The number of sulfonamides is 1. The molecule has 0 bridgehead atoms. The molecule has 5 nitrogen and oxygen atoms in total. The third kappa shape index (κ3) is 3.41. The van der Waals surface area contributed by atoms with Gasteiger partial charge in [0.2, 0.25) is 10.0 Å². The van der Waals surface area contributed by atoms with Gasteiger partial charge in [-0.25, -0.2) is 13.6 Å². The fourth-order valence-corrected chi connectivity index (χ4v) is 1.61. The van der Waals surface area contributed by atoms with E-state index in [-0.39, 0.29) is 5.75 Å². The molecular weight excluding hydrogens is 192 g/mol. The molecule has 0 saturated heterocycles. The fourth-order valence-electron chi connectivity index (χ4n) is 0.963. The summed E-state index contributed by atoms with van der Waals surface area (Å²) in [5.41, 5.74) is 2.88. The van der Waals surface area contributed by atoms with Crippen molar-refractivity contribution in [1.82, 2.24) is 0 Å². The second kappa shape index (κ2) is 3.73. The van der Waals surface area contributed by atoms with Crippen molar-refractivity contribution in [3.63, 3.8) is 0 Å². The van der Waals surface area contributed by atoms with E-state index in [0.717, 1.165) is 0 Å². The SMILES string of the molecule is NS(=O)(=O)Cc1cccc(NO)c1. The zero-order valence-electron chi connectivity index (χ0n) is 6.77. The number of hydrogen-bond donors (Lipinski definition) is 3. The summed E-state index contributed by atoms with van der Waals surface area (Å²) >= 11 is 0. The minimum atomic E-state index is -3.51. The Morgan fingerprint density at radius 3 is 2.69 bits per heavy atom. The Hall–Kier alpha value is -1.11. The van der Waals surface area contributed by atoms with Gasteiger partial charge in [0.1, 0.15) is 0 Å². The Morgan fingerprint density at radius 2 is 2.15 bits per heavy atom. The van der Waals surface area contributed by atoms with Gasteiger partial charge in [-0.1, -0.05) is 12.1 Å². The van der Waals surface area contributed by atoms with Crippen molar-refractivity contribution in [1.29, 1.82) is 0 Å². The first kappa shape index (κ1) is 9.97. The summed E-state index contributed by atoms with van der Waals surface area (Å²) in [5, 5.41) is 13.4. The lowest BCUT2D eigenvalue weighted by Crippen LogP contribution is -2.14. The van der Waals surface area contributed by atoms with Gasteiger partial charge in [-0.3, -0.25) is 10.7 Å². The third-order valence-corrected chi connectivity index (χ3v) is 2.16. The molecule has 6 heteroatoms. The minimum Gasteiger partial charge on any atom is -0.291 e. The van der Waals surface area contributed by atoms with Gasteiger partial charge in [0.15, 0.2) is 0 Å². The van der Waals surface area contributed by atoms with Gasteiger partial charge < -0.3 is 0 Å². The molecule has 0 aliphatic carbocycles. The van der Waals surface area contributed by atoms with Crippen molar-refractivity contribution >= 4 is 15.7 Å². The van der Waals surface area contributed by atoms with Gasteiger partial charge in [0, 0.05) is 0 Å². The van der Waals surface area contributed by atoms with Crippen LogP contribution in [0.5, 0.6) is 0 Å². The van der Waals surface area contributed by atoms with Crippen LogP contribution in [0.1, 0.15) is 5.56 Å². The lowest BCUT2D eigenvalue weighted by Gasteiger charge is -2.02. The van der Waals surface area contributed by atoms with Crippen LogP contribution < -0.4 is 10.6 Å². The summed E-state index contributed by atoms with van der Waals surface area (Å²) in [6.07, 6.45) is 0. The molecule has 0 amide bonds. The van der Waals surface area contributed by atoms with Crippen molar-refractivity contribution in [3.8, 4) is 0 Å². The second-order valence-corrected chi connectivity index (χ2v) is 4.23. The van der Waals surface area contributed by atoms with E-state index in [0.29, 0.717) is 11.3 Å². The van der Waals surface area contributed by atoms with Gasteiger partial charge in [0.05, 0.1) is 11.4 Å². The summed E-state index contributed by atoms with van der Waals surface area (Å²) in [6.45, 7) is 0. The lowest BCUT2D eigenvalue weighted by molar-refractivity contribution is 0.389. The molecule has 0 spiro atoms. The molecule has 0 fully saturated rings. The smallest absolute Gasteiger partial charge is 0.213 e. The Bertz CT molecular complexity index is 388. The molecule has 0 aromatic heterocycles. The molecule has 1 aromatic rings. The van der Waals surface area contributed by atoms with Gasteiger partial charge in [-0.05, 0) is 17.7 Å². The number of primary sulfonamides is 1. The van der Waals surface area contributed by atoms with E-state index in [9.17, 15) is 8.42 Å². The van der Waals surface area contributed by atoms with Crippen LogP contribution in [0.4, 0.5) is 5.69 Å². The highest BCUT2D eigenvalue weighted by molar-refractivity contribution is 7.88. The molecule has 4 N–H and O–H groups in total. The number of anilines is 1. The van der Waals surface area contributed by atoms with Gasteiger partial charge in [0.25, 0.3) is 0 Å². The number of rotatable bonds is 3. The highest BCUT2D eigenvalue weighted by Gasteiger charge is 2.04. The highest BCUT2D eigenvalue weighted by Crippen LogP contribution is 2.11. The zero-order valence-corrected chi connectivity index (χ0v) is 7.58. The van der Waals surface area contributed by atoms with Crippen LogP contribution >= 0.6 is 0 Å². The Kier molecular flexibility index (Phi) is 2.86. The Balaban J connectivity index is 2.90. The van der Waals surface area contributed by atoms with E-state index in [1.54, 1.807) is 18.2 Å². The molecule has 0 saturated carbocycles. The average Bonchev–Trinajstić information content (AvgIpc) is 2.01. The summed E-state index contributed by atoms with van der Waals surface area (Å²) in [6, 6.07) is 6.35. The monoisotopic (exact) mass is 202 g/mol. The molecule has 1 rings (SSSR count). The summed E-state index contributed by atoms with van der Waals surface area (Å²) in [5.74, 6) is -0.234. The van der Waals surface area contributed by atoms with Crippen LogP contribution in [0.15, 0.2) is 24.3 Å². The molecule has 72 valence electrons. The van der Waals surface area contributed by atoms with Crippen molar-refractivity contribution in [2.75, 3.05) is 5.48 Å². The third-order valence-electron chi connectivity index (χ3n) is 1.42. The van der Waals surface area contributed by atoms with Gasteiger partial charge in [-0.15, -0.1) is 0 Å². The first-order valence-corrected chi connectivity index (χ1v) is 5.22. The normalized spacial score (nSPS) is 11.2. The minimum absolute atomic E-state index is 0.234. The predicted octanol–water partition coefficient (Wildman–Crippen LogP) is 0.276. The van der Waals surface area contributed by atoms with E-state index in [1.165, 1.54) is 6.07 Å².